The van der Waals surface area contributed by atoms with Crippen LogP contribution in [0.3, 0.4) is 0 Å². The summed E-state index contributed by atoms with van der Waals surface area (Å²) >= 11 is 0. The van der Waals surface area contributed by atoms with Crippen molar-refractivity contribution in [2.75, 3.05) is 50.0 Å². The molecule has 9 aromatic heterocycles. The second-order valence-corrected chi connectivity index (χ2v) is 36.3. The molecule has 26 heteroatoms. The zero-order valence-corrected chi connectivity index (χ0v) is 71.7. The Morgan fingerprint density at radius 3 is 1.40 bits per heavy atom. The number of rotatable bonds is 23. The Morgan fingerprint density at radius 2 is 0.900 bits per heavy atom. The number of aromatic amines is 4. The minimum Gasteiger partial charge on any atom is -0.465 e. The van der Waals surface area contributed by atoms with E-state index < -0.39 is 0 Å². The van der Waals surface area contributed by atoms with Gasteiger partial charge in [0.15, 0.2) is 40.1 Å². The highest BCUT2D eigenvalue weighted by Gasteiger charge is 2.27. The number of furan rings is 1. The molecule has 120 heavy (non-hydrogen) atoms. The van der Waals surface area contributed by atoms with Crippen molar-refractivity contribution < 1.29 is 9.52 Å². The molecule has 0 unspecified atom stereocenters. The maximum Gasteiger partial charge on any atom is 0.266 e. The maximum absolute atomic E-state index is 12.0. The number of H-pyrrole nitrogens is 4. The molecule has 17 rings (SSSR count). The maximum atomic E-state index is 12.0. The molecule has 10 heterocycles. The van der Waals surface area contributed by atoms with Crippen LogP contribution in [0.4, 0.5) is 11.9 Å². The van der Waals surface area contributed by atoms with E-state index >= 15 is 0 Å². The van der Waals surface area contributed by atoms with E-state index in [-0.39, 0.29) is 50.5 Å². The summed E-state index contributed by atoms with van der Waals surface area (Å²) < 4.78 is 12.5. The molecule has 5 aromatic carbocycles. The highest BCUT2D eigenvalue weighted by molar-refractivity contribution is 5.64. The average molecular weight is 1620 g/mol. The minimum absolute atomic E-state index is 0.0810. The predicted molar refractivity (Wildman–Crippen MR) is 475 cm³/mol. The first-order chi connectivity index (χ1) is 57.4. The fourth-order valence-corrected chi connectivity index (χ4v) is 15.9. The van der Waals surface area contributed by atoms with Crippen LogP contribution < -0.4 is 38.2 Å². The predicted octanol–water partition coefficient (Wildman–Crippen LogP) is 14.6. The number of benzene rings is 5. The Labute approximate surface area is 699 Å². The van der Waals surface area contributed by atoms with Crippen LogP contribution in [0.5, 0.6) is 0 Å². The lowest BCUT2D eigenvalue weighted by atomic mass is 9.86. The fraction of sp³-hybridized carbons (Fsp3) is 0.426. The van der Waals surface area contributed by atoms with Gasteiger partial charge in [0.05, 0.1) is 5.56 Å². The smallest absolute Gasteiger partial charge is 0.266 e. The lowest BCUT2D eigenvalue weighted by Crippen LogP contribution is -2.33. The van der Waals surface area contributed by atoms with E-state index in [9.17, 15) is 19.2 Å². The minimum atomic E-state index is -0.214. The quantitative estimate of drug-likeness (QED) is 0.0276. The lowest BCUT2D eigenvalue weighted by molar-refractivity contribution is 0.253. The number of nitrogens with one attached hydrogen (secondary N) is 7. The number of hydrogen-bond donors (Lipinski definition) is 8. The third-order valence-corrected chi connectivity index (χ3v) is 22.6. The number of hydrogen-bond acceptors (Lipinski definition) is 18. The number of aliphatic hydroxyl groups excluding tert-OH is 1. The van der Waals surface area contributed by atoms with E-state index in [0.717, 1.165) is 123 Å². The molecule has 14 aromatic rings. The van der Waals surface area contributed by atoms with Gasteiger partial charge in [0, 0.05) is 111 Å². The number of aryl methyl sites for hydroxylation is 3. The molecule has 0 saturated carbocycles. The van der Waals surface area contributed by atoms with Gasteiger partial charge in [0.25, 0.3) is 22.2 Å². The molecule has 0 fully saturated rings. The summed E-state index contributed by atoms with van der Waals surface area (Å²) in [5.41, 5.74) is 15.6. The molecule has 0 spiro atoms. The van der Waals surface area contributed by atoms with Crippen molar-refractivity contribution in [2.45, 2.75) is 214 Å². The first kappa shape index (κ1) is 84.7. The summed E-state index contributed by atoms with van der Waals surface area (Å²) in [4.78, 5) is 87.2. The summed E-state index contributed by atoms with van der Waals surface area (Å²) in [7, 11) is 0. The second-order valence-electron chi connectivity index (χ2n) is 36.3. The van der Waals surface area contributed by atoms with Crippen LogP contribution in [0.25, 0.3) is 56.8 Å². The first-order valence-electron chi connectivity index (χ1n) is 42.5. The Balaban J connectivity index is 0.000000132. The van der Waals surface area contributed by atoms with E-state index in [1.807, 2.05) is 25.1 Å². The molecule has 0 bridgehead atoms. The molecule has 628 valence electrons. The van der Waals surface area contributed by atoms with Gasteiger partial charge in [-0.3, -0.25) is 44.5 Å². The SMILES string of the molecule is CC(C)(C)c1ccc(-c2nc(NCCCN3CCc4ccccc4C3)n3[nH]c(=O)cc3n2)cc1.CC(C)(C)c1ccc(-c2nc(NCCNC3Cc4ccccc4C3)n3[nH]c(=O)cc3n2)cc1.CC(C)(C)c1nc(CCCCCC2Cc3ccccc3C2)n2[nH]c(=O)cc2n1.Cc1oc(C(C)(C)C)cc1-c1nc(CCCCO)n2[nH]c(=O)cc2n1. The summed E-state index contributed by atoms with van der Waals surface area (Å²) in [6, 6.07) is 51.3. The standard InChI is InChI=1S/C27H32N6O.C26H30N6O.C23H30N4O.C18H24N4O3/c1-27(2,3)22-11-9-20(10-12-22)25-29-23-17-24(34)31-33(23)26(30-25)28-14-6-15-32-16-13-19-7-4-5-8-21(19)18-32;1-26(2,3)20-10-8-17(9-11-20)24-29-22-16-23(33)31-32(22)25(30-24)28-13-12-27-21-14-18-6-4-5-7-19(18)15-21;1-23(2,3)22-24-19(27-20(25-22)15-21(28)26-27)12-6-4-5-9-16-13-17-10-7-8-11-18(17)14-16;1-11-12(9-13(25-11)18(2,3)4)17-19-14(7-5-6-8-23)22-15(20-17)10-16(24)21-22/h4-5,7-12,17H,6,13-16,18H2,1-3H3,(H,31,34)(H,28,29,30);4-11,16,21,27H,12-15H2,1-3H3,(H,31,33)(H,28,29,30);7-8,10-11,15-16H,4-6,9,12-14H2,1-3H3,(H,26,28);9-10,23H,5-8H2,1-4H3,(H,21,24). The monoisotopic (exact) mass is 1620 g/mol. The van der Waals surface area contributed by atoms with Crippen LogP contribution in [0.15, 0.2) is 175 Å². The highest BCUT2D eigenvalue weighted by Crippen LogP contribution is 2.35. The van der Waals surface area contributed by atoms with Crippen molar-refractivity contribution in [1.82, 2.24) is 88.5 Å². The molecular formula is C94H116N20O6. The number of anilines is 2. The molecule has 0 saturated heterocycles. The number of aromatic nitrogens is 16. The molecular weight excluding hydrogens is 1510 g/mol. The van der Waals surface area contributed by atoms with Crippen LogP contribution in [-0.4, -0.2) is 134 Å². The summed E-state index contributed by atoms with van der Waals surface area (Å²) in [6.07, 6.45) is 14.5. The van der Waals surface area contributed by atoms with Crippen molar-refractivity contribution in [1.29, 1.82) is 0 Å². The molecule has 0 atom stereocenters. The number of fused-ring (bicyclic) bond motifs is 7. The van der Waals surface area contributed by atoms with Gasteiger partial charge in [-0.15, -0.1) is 0 Å². The van der Waals surface area contributed by atoms with Crippen molar-refractivity contribution in [3.05, 3.63) is 267 Å². The van der Waals surface area contributed by atoms with Crippen molar-refractivity contribution in [3.8, 4) is 34.2 Å². The molecule has 0 amide bonds. The van der Waals surface area contributed by atoms with Crippen LogP contribution in [-0.2, 0) is 73.2 Å². The van der Waals surface area contributed by atoms with Gasteiger partial charge in [-0.05, 0) is 138 Å². The molecule has 8 N–H and O–H groups in total. The fourth-order valence-electron chi connectivity index (χ4n) is 15.9. The largest absolute Gasteiger partial charge is 0.465 e. The Bertz CT molecular complexity index is 6070. The molecule has 2 aliphatic carbocycles. The van der Waals surface area contributed by atoms with Gasteiger partial charge in [0.2, 0.25) is 11.9 Å². The van der Waals surface area contributed by atoms with Gasteiger partial charge in [-0.2, -0.15) is 9.97 Å². The van der Waals surface area contributed by atoms with Crippen LogP contribution >= 0.6 is 0 Å². The van der Waals surface area contributed by atoms with Crippen LogP contribution in [0.1, 0.15) is 202 Å². The van der Waals surface area contributed by atoms with Gasteiger partial charge in [0.1, 0.15) is 29.0 Å². The highest BCUT2D eigenvalue weighted by atomic mass is 16.3. The topological polar surface area (TPSA) is 325 Å². The van der Waals surface area contributed by atoms with Gasteiger partial charge in [-0.1, -0.05) is 217 Å². The number of aliphatic hydroxyl groups is 1. The van der Waals surface area contributed by atoms with Crippen LogP contribution in [0.2, 0.25) is 0 Å². The van der Waals surface area contributed by atoms with Crippen molar-refractivity contribution in [2.24, 2.45) is 5.92 Å². The zero-order valence-electron chi connectivity index (χ0n) is 71.7. The van der Waals surface area contributed by atoms with E-state index in [0.29, 0.717) is 83.2 Å². The van der Waals surface area contributed by atoms with Gasteiger partial charge in [-0.25, -0.2) is 48.0 Å². The molecule has 3 aliphatic rings. The van der Waals surface area contributed by atoms with Crippen molar-refractivity contribution >= 4 is 34.5 Å². The first-order valence-corrected chi connectivity index (χ1v) is 42.5. The van der Waals surface area contributed by atoms with E-state index in [2.05, 4.69) is 258 Å². The van der Waals surface area contributed by atoms with E-state index in [1.165, 1.54) is 83.7 Å². The van der Waals surface area contributed by atoms with Gasteiger partial charge < -0.3 is 25.5 Å². The van der Waals surface area contributed by atoms with Crippen LogP contribution in [0, 0.1) is 12.8 Å². The Morgan fingerprint density at radius 1 is 0.442 bits per heavy atom. The normalized spacial score (nSPS) is 13.9. The van der Waals surface area contributed by atoms with Gasteiger partial charge >= 0.3 is 0 Å². The molecule has 1 aliphatic heterocycles. The zero-order chi connectivity index (χ0) is 84.6. The van der Waals surface area contributed by atoms with Crippen molar-refractivity contribution in [3.63, 3.8) is 0 Å². The molecule has 0 radical (unpaired) electrons. The summed E-state index contributed by atoms with van der Waals surface area (Å²) in [5, 5.41) is 30.6. The molecule has 26 nitrogen and oxygen atoms in total. The van der Waals surface area contributed by atoms with E-state index in [1.54, 1.807) is 35.3 Å². The Hall–Kier alpha value is -11.7. The summed E-state index contributed by atoms with van der Waals surface area (Å²) in [5.74, 6) is 7.78. The number of unbranched alkanes of at least 4 members (excludes halogenated alkanes) is 3. The second kappa shape index (κ2) is 36.5. The third-order valence-electron chi connectivity index (χ3n) is 22.6. The number of nitrogens with zero attached hydrogens (tertiary/aromatic N) is 13. The van der Waals surface area contributed by atoms with E-state index in [4.69, 9.17) is 24.5 Å². The summed E-state index contributed by atoms with van der Waals surface area (Å²) in [6.45, 7) is 33.1. The Kier molecular flexibility index (Phi) is 25.7. The lowest BCUT2D eigenvalue weighted by Gasteiger charge is -2.28. The average Bonchev–Trinajstić information content (AvgIpc) is 1.58. The third kappa shape index (κ3) is 20.9.